The fraction of sp³-hybridized carbons (Fsp3) is 0.522. The van der Waals surface area contributed by atoms with E-state index in [1.165, 1.54) is 0 Å². The van der Waals surface area contributed by atoms with E-state index in [4.69, 9.17) is 0 Å². The van der Waals surface area contributed by atoms with Crippen molar-refractivity contribution in [3.63, 3.8) is 0 Å². The first-order chi connectivity index (χ1) is 12.2. The third-order valence-electron chi connectivity index (χ3n) is 4.31. The van der Waals surface area contributed by atoms with Gasteiger partial charge in [-0.1, -0.05) is 90.3 Å². The highest BCUT2D eigenvalue weighted by Gasteiger charge is 2.26. The Labute approximate surface area is 168 Å². The van der Waals surface area contributed by atoms with Gasteiger partial charge in [0, 0.05) is 16.8 Å². The average molecular weight is 452 g/mol. The van der Waals surface area contributed by atoms with Crippen molar-refractivity contribution in [2.75, 3.05) is 0 Å². The smallest absolute Gasteiger partial charge is 0.133 e. The fourth-order valence-electron chi connectivity index (χ4n) is 2.82. The van der Waals surface area contributed by atoms with E-state index in [9.17, 15) is 4.79 Å². The van der Waals surface area contributed by atoms with Crippen molar-refractivity contribution in [3.8, 4) is 0 Å². The van der Waals surface area contributed by atoms with Crippen molar-refractivity contribution in [2.45, 2.75) is 68.6 Å². The molecule has 1 fully saturated rings. The zero-order valence-corrected chi connectivity index (χ0v) is 17.7. The van der Waals surface area contributed by atoms with E-state index in [0.717, 1.165) is 57.8 Å². The van der Waals surface area contributed by atoms with Gasteiger partial charge in [-0.2, -0.15) is 0 Å². The second-order valence-electron chi connectivity index (χ2n) is 6.50. The van der Waals surface area contributed by atoms with Gasteiger partial charge >= 0.3 is 0 Å². The van der Waals surface area contributed by atoms with E-state index in [1.807, 2.05) is 0 Å². The number of hydrogen-bond donors (Lipinski definition) is 0. The van der Waals surface area contributed by atoms with Crippen LogP contribution in [0, 0.1) is 5.92 Å². The number of carbonyl (C=O) groups excluding carboxylic acids is 1. The summed E-state index contributed by atoms with van der Waals surface area (Å²) in [5.74, 6) is 1.06. The minimum Gasteiger partial charge on any atom is -0.300 e. The highest BCUT2D eigenvalue weighted by molar-refractivity contribution is 14.1. The summed E-state index contributed by atoms with van der Waals surface area (Å²) in [5, 5.41) is 0. The van der Waals surface area contributed by atoms with E-state index < -0.39 is 0 Å². The normalized spacial score (nSPS) is 20.4. The molecular weight excluding hydrogens is 419 g/mol. The lowest BCUT2D eigenvalue weighted by Crippen LogP contribution is -2.10. The van der Waals surface area contributed by atoms with Crippen LogP contribution < -0.4 is 0 Å². The van der Waals surface area contributed by atoms with Gasteiger partial charge in [-0.25, -0.2) is 0 Å². The fourth-order valence-corrected chi connectivity index (χ4v) is 3.73. The predicted molar refractivity (Wildman–Crippen MR) is 119 cm³/mol. The molecule has 0 saturated heterocycles. The number of allylic oxidation sites excluding steroid dienone is 10. The third kappa shape index (κ3) is 12.1. The van der Waals surface area contributed by atoms with Crippen molar-refractivity contribution in [2.24, 2.45) is 5.92 Å². The molecule has 0 aromatic carbocycles. The molecule has 1 nitrogen and oxygen atoms in total. The summed E-state index contributed by atoms with van der Waals surface area (Å²) < 4.78 is 0.609. The highest BCUT2D eigenvalue weighted by atomic mass is 127. The van der Waals surface area contributed by atoms with Gasteiger partial charge in [-0.05, 0) is 50.9 Å². The summed E-state index contributed by atoms with van der Waals surface area (Å²) >= 11 is 2.51. The molecule has 0 N–H and O–H groups in total. The first-order valence-corrected chi connectivity index (χ1v) is 10.9. The number of rotatable bonds is 12. The Morgan fingerprint density at radius 2 is 1.36 bits per heavy atom. The van der Waals surface area contributed by atoms with E-state index in [-0.39, 0.29) is 0 Å². The Bertz CT molecular complexity index is 496. The van der Waals surface area contributed by atoms with E-state index in [2.05, 4.69) is 90.3 Å². The Morgan fingerprint density at radius 3 is 1.80 bits per heavy atom. The molecule has 1 rings (SSSR count). The summed E-state index contributed by atoms with van der Waals surface area (Å²) in [6.07, 6.45) is 31.3. The molecule has 1 saturated carbocycles. The van der Waals surface area contributed by atoms with Crippen LogP contribution in [0.4, 0.5) is 0 Å². The number of halogens is 1. The topological polar surface area (TPSA) is 17.1 Å². The lowest BCUT2D eigenvalue weighted by atomic mass is 10.0. The van der Waals surface area contributed by atoms with Gasteiger partial charge in [0.25, 0.3) is 0 Å². The number of hydrogen-bond acceptors (Lipinski definition) is 1. The zero-order chi connectivity index (χ0) is 18.2. The molecule has 2 atom stereocenters. The van der Waals surface area contributed by atoms with Crippen LogP contribution in [0.3, 0.4) is 0 Å². The molecule has 0 aliphatic heterocycles. The van der Waals surface area contributed by atoms with Gasteiger partial charge < -0.3 is 0 Å². The van der Waals surface area contributed by atoms with Gasteiger partial charge in [-0.15, -0.1) is 0 Å². The Balaban J connectivity index is 2.01. The van der Waals surface area contributed by atoms with Crippen LogP contribution in [0.2, 0.25) is 0 Å². The molecule has 0 aromatic rings. The first-order valence-electron chi connectivity index (χ1n) is 9.64. The maximum absolute atomic E-state index is 11.3. The number of ketones is 1. The molecule has 0 spiro atoms. The van der Waals surface area contributed by atoms with E-state index in [0.29, 0.717) is 15.6 Å². The molecule has 0 bridgehead atoms. The molecule has 1 aliphatic carbocycles. The van der Waals surface area contributed by atoms with Crippen molar-refractivity contribution in [1.29, 1.82) is 0 Å². The lowest BCUT2D eigenvalue weighted by Gasteiger charge is -2.13. The van der Waals surface area contributed by atoms with Crippen LogP contribution in [0.15, 0.2) is 60.8 Å². The predicted octanol–water partition coefficient (Wildman–Crippen LogP) is 7.30. The molecule has 0 radical (unpaired) electrons. The summed E-state index contributed by atoms with van der Waals surface area (Å²) in [5.41, 5.74) is 0. The molecule has 25 heavy (non-hydrogen) atoms. The summed E-state index contributed by atoms with van der Waals surface area (Å²) in [4.78, 5) is 11.3. The quantitative estimate of drug-likeness (QED) is 0.173. The SMILES string of the molecule is CC/C=C\C/C=C\C/C=C\C/C=C\C/C=C\CC(I)[C@@H]1CCC(=O)C1. The highest BCUT2D eigenvalue weighted by Crippen LogP contribution is 2.31. The van der Waals surface area contributed by atoms with Gasteiger partial charge in [0.2, 0.25) is 0 Å². The molecular formula is C23H33IO. The summed E-state index contributed by atoms with van der Waals surface area (Å²) in [6, 6.07) is 0. The van der Waals surface area contributed by atoms with Crippen LogP contribution >= 0.6 is 22.6 Å². The maximum Gasteiger partial charge on any atom is 0.133 e. The molecule has 1 unspecified atom stereocenters. The Hall–Kier alpha value is -0.900. The average Bonchev–Trinajstić information content (AvgIpc) is 3.04. The largest absolute Gasteiger partial charge is 0.300 e. The van der Waals surface area contributed by atoms with Crippen LogP contribution in [-0.2, 0) is 4.79 Å². The van der Waals surface area contributed by atoms with Crippen molar-refractivity contribution in [3.05, 3.63) is 60.8 Å². The summed E-state index contributed by atoms with van der Waals surface area (Å²) in [7, 11) is 0. The van der Waals surface area contributed by atoms with Gasteiger partial charge in [0.05, 0.1) is 0 Å². The number of carbonyl (C=O) groups is 1. The standard InChI is InChI=1S/C23H33IO/c1-2-3-4-5-6-7-8-9-10-11-12-13-14-15-16-17-23(24)21-18-19-22(25)20-21/h3-4,6-7,9-10,12-13,15-16,21,23H,2,5,8,11,14,17-20H2,1H3/b4-3-,7-6-,10-9-,13-12-,16-15-/t21-,23?/m1/s1. The maximum atomic E-state index is 11.3. The summed E-state index contributed by atoms with van der Waals surface area (Å²) in [6.45, 7) is 2.16. The van der Waals surface area contributed by atoms with Crippen LogP contribution in [-0.4, -0.2) is 9.71 Å². The molecule has 138 valence electrons. The zero-order valence-electron chi connectivity index (χ0n) is 15.6. The molecule has 2 heteroatoms. The van der Waals surface area contributed by atoms with Crippen molar-refractivity contribution in [1.82, 2.24) is 0 Å². The van der Waals surface area contributed by atoms with Gasteiger partial charge in [0.15, 0.2) is 0 Å². The van der Waals surface area contributed by atoms with Crippen molar-refractivity contribution < 1.29 is 4.79 Å². The third-order valence-corrected chi connectivity index (χ3v) is 5.84. The van der Waals surface area contributed by atoms with Crippen LogP contribution in [0.1, 0.15) is 64.7 Å². The second kappa shape index (κ2) is 15.4. The van der Waals surface area contributed by atoms with Crippen LogP contribution in [0.5, 0.6) is 0 Å². The lowest BCUT2D eigenvalue weighted by molar-refractivity contribution is -0.117. The molecule has 1 aliphatic rings. The van der Waals surface area contributed by atoms with E-state index in [1.54, 1.807) is 0 Å². The van der Waals surface area contributed by atoms with Gasteiger partial charge in [0.1, 0.15) is 5.78 Å². The van der Waals surface area contributed by atoms with E-state index >= 15 is 0 Å². The molecule has 0 aromatic heterocycles. The number of alkyl halides is 1. The van der Waals surface area contributed by atoms with Gasteiger partial charge in [-0.3, -0.25) is 4.79 Å². The van der Waals surface area contributed by atoms with Crippen molar-refractivity contribution >= 4 is 28.4 Å². The molecule has 0 amide bonds. The minimum absolute atomic E-state index is 0.454. The number of Topliss-reactive ketones (excluding diaryl/α,β-unsaturated/α-hetero) is 1. The Kier molecular flexibility index (Phi) is 13.6. The van der Waals surface area contributed by atoms with Crippen LogP contribution in [0.25, 0.3) is 0 Å². The Morgan fingerprint density at radius 1 is 0.880 bits per heavy atom. The monoisotopic (exact) mass is 452 g/mol. The second-order valence-corrected chi connectivity index (χ2v) is 8.10. The first kappa shape index (κ1) is 22.1. The molecule has 0 heterocycles. The minimum atomic E-state index is 0.454.